The predicted octanol–water partition coefficient (Wildman–Crippen LogP) is 5.06. The van der Waals surface area contributed by atoms with Gasteiger partial charge in [0.2, 0.25) is 21.8 Å². The molecule has 37 heavy (non-hydrogen) atoms. The number of rotatable bonds is 11. The number of benzene rings is 2. The van der Waals surface area contributed by atoms with E-state index >= 15 is 0 Å². The van der Waals surface area contributed by atoms with Crippen LogP contribution in [0.1, 0.15) is 63.0 Å². The number of nitrogens with one attached hydrogen (secondary N) is 1. The summed E-state index contributed by atoms with van der Waals surface area (Å²) >= 11 is 6.03. The maximum Gasteiger partial charge on any atom is 0.242 e. The summed E-state index contributed by atoms with van der Waals surface area (Å²) in [6.45, 7) is 4.10. The third kappa shape index (κ3) is 8.75. The Kier molecular flexibility index (Phi) is 10.4. The lowest BCUT2D eigenvalue weighted by Gasteiger charge is -2.31. The van der Waals surface area contributed by atoms with E-state index in [9.17, 15) is 18.0 Å². The minimum absolute atomic E-state index is 0.118. The van der Waals surface area contributed by atoms with Crippen LogP contribution in [0.15, 0.2) is 48.5 Å². The Morgan fingerprint density at radius 3 is 2.38 bits per heavy atom. The van der Waals surface area contributed by atoms with E-state index in [1.54, 1.807) is 30.0 Å². The molecule has 1 unspecified atom stereocenters. The molecule has 1 saturated carbocycles. The molecule has 2 aromatic rings. The van der Waals surface area contributed by atoms with Crippen LogP contribution in [0.25, 0.3) is 0 Å². The second kappa shape index (κ2) is 13.3. The standard InChI is InChI=1S/C28H38ClN3O4S/c1-21-9-7-12-26(19-21)32(37(3,35)36)18-8-13-27(33)31(20-23-14-16-24(29)17-15-23)22(2)28(34)30-25-10-5-4-6-11-25/h7,9,12,14-17,19,22,25H,4-6,8,10-11,13,18,20H2,1-3H3,(H,30,34). The summed E-state index contributed by atoms with van der Waals surface area (Å²) in [6, 6.07) is 14.0. The van der Waals surface area contributed by atoms with Gasteiger partial charge in [-0.2, -0.15) is 0 Å². The molecule has 2 aromatic carbocycles. The number of halogens is 1. The summed E-state index contributed by atoms with van der Waals surface area (Å²) in [5, 5.41) is 3.73. The molecule has 0 aromatic heterocycles. The van der Waals surface area contributed by atoms with Gasteiger partial charge in [-0.1, -0.05) is 55.1 Å². The SMILES string of the molecule is Cc1cccc(N(CCCC(=O)N(Cc2ccc(Cl)cc2)C(C)C(=O)NC2CCCCC2)S(C)(=O)=O)c1. The molecule has 202 valence electrons. The number of sulfonamides is 1. The van der Waals surface area contributed by atoms with Crippen molar-refractivity contribution in [3.63, 3.8) is 0 Å². The molecule has 2 amide bonds. The number of carbonyl (C=O) groups excluding carboxylic acids is 2. The first-order valence-corrected chi connectivity index (χ1v) is 15.2. The quantitative estimate of drug-likeness (QED) is 0.426. The van der Waals surface area contributed by atoms with Gasteiger partial charge in [0, 0.05) is 30.6 Å². The Hall–Kier alpha value is -2.58. The Balaban J connectivity index is 1.71. The van der Waals surface area contributed by atoms with E-state index in [2.05, 4.69) is 5.32 Å². The summed E-state index contributed by atoms with van der Waals surface area (Å²) < 4.78 is 26.3. The highest BCUT2D eigenvalue weighted by Gasteiger charge is 2.28. The molecule has 0 spiro atoms. The zero-order valence-electron chi connectivity index (χ0n) is 22.0. The van der Waals surface area contributed by atoms with E-state index in [4.69, 9.17) is 11.6 Å². The van der Waals surface area contributed by atoms with Crippen molar-refractivity contribution in [1.82, 2.24) is 10.2 Å². The zero-order chi connectivity index (χ0) is 27.0. The van der Waals surface area contributed by atoms with E-state index in [1.165, 1.54) is 17.0 Å². The highest BCUT2D eigenvalue weighted by molar-refractivity contribution is 7.92. The lowest BCUT2D eigenvalue weighted by molar-refractivity contribution is -0.141. The number of nitrogens with zero attached hydrogens (tertiary/aromatic N) is 2. The van der Waals surface area contributed by atoms with Gasteiger partial charge in [-0.25, -0.2) is 8.42 Å². The van der Waals surface area contributed by atoms with Crippen molar-refractivity contribution in [1.29, 1.82) is 0 Å². The average Bonchev–Trinajstić information content (AvgIpc) is 2.85. The van der Waals surface area contributed by atoms with E-state index < -0.39 is 16.1 Å². The molecule has 1 aliphatic rings. The molecule has 1 fully saturated rings. The number of aryl methyl sites for hydroxylation is 1. The van der Waals surface area contributed by atoms with Gasteiger partial charge in [0.15, 0.2) is 0 Å². The highest BCUT2D eigenvalue weighted by Crippen LogP contribution is 2.21. The van der Waals surface area contributed by atoms with Crippen molar-refractivity contribution in [3.8, 4) is 0 Å². The van der Waals surface area contributed by atoms with Gasteiger partial charge in [0.1, 0.15) is 6.04 Å². The molecular weight excluding hydrogens is 510 g/mol. The first-order chi connectivity index (χ1) is 17.5. The van der Waals surface area contributed by atoms with Crippen LogP contribution >= 0.6 is 11.6 Å². The van der Waals surface area contributed by atoms with Crippen LogP contribution in [0.2, 0.25) is 5.02 Å². The fourth-order valence-corrected chi connectivity index (χ4v) is 5.81. The average molecular weight is 548 g/mol. The van der Waals surface area contributed by atoms with Gasteiger partial charge in [-0.15, -0.1) is 0 Å². The van der Waals surface area contributed by atoms with Crippen molar-refractivity contribution in [2.45, 2.75) is 77.4 Å². The Morgan fingerprint density at radius 2 is 1.76 bits per heavy atom. The monoisotopic (exact) mass is 547 g/mol. The molecule has 3 rings (SSSR count). The van der Waals surface area contributed by atoms with Crippen LogP contribution in [0.5, 0.6) is 0 Å². The molecule has 1 N–H and O–H groups in total. The molecule has 0 radical (unpaired) electrons. The van der Waals surface area contributed by atoms with Gasteiger partial charge < -0.3 is 10.2 Å². The smallest absolute Gasteiger partial charge is 0.242 e. The second-order valence-corrected chi connectivity index (χ2v) is 12.3. The summed E-state index contributed by atoms with van der Waals surface area (Å²) in [5.41, 5.74) is 2.40. The molecule has 0 aliphatic heterocycles. The van der Waals surface area contributed by atoms with Crippen molar-refractivity contribution in [3.05, 3.63) is 64.7 Å². The molecule has 1 aliphatic carbocycles. The van der Waals surface area contributed by atoms with Crippen LogP contribution in [0.4, 0.5) is 5.69 Å². The molecule has 0 heterocycles. The lowest BCUT2D eigenvalue weighted by atomic mass is 9.95. The summed E-state index contributed by atoms with van der Waals surface area (Å²) in [4.78, 5) is 28.1. The maximum absolute atomic E-state index is 13.4. The third-order valence-corrected chi connectivity index (χ3v) is 8.27. The van der Waals surface area contributed by atoms with Gasteiger partial charge >= 0.3 is 0 Å². The minimum Gasteiger partial charge on any atom is -0.352 e. The van der Waals surface area contributed by atoms with Crippen molar-refractivity contribution in [2.24, 2.45) is 0 Å². The van der Waals surface area contributed by atoms with Crippen LogP contribution in [-0.4, -0.2) is 50.0 Å². The van der Waals surface area contributed by atoms with Crippen LogP contribution < -0.4 is 9.62 Å². The highest BCUT2D eigenvalue weighted by atomic mass is 35.5. The van der Waals surface area contributed by atoms with E-state index in [-0.39, 0.29) is 37.4 Å². The molecule has 0 bridgehead atoms. The molecular formula is C28H38ClN3O4S. The van der Waals surface area contributed by atoms with E-state index in [0.29, 0.717) is 17.1 Å². The number of anilines is 1. The Bertz CT molecular complexity index is 1160. The number of hydrogen-bond acceptors (Lipinski definition) is 4. The maximum atomic E-state index is 13.4. The number of carbonyl (C=O) groups is 2. The van der Waals surface area contributed by atoms with Crippen LogP contribution in [0.3, 0.4) is 0 Å². The third-order valence-electron chi connectivity index (χ3n) is 6.83. The summed E-state index contributed by atoms with van der Waals surface area (Å²) in [7, 11) is -3.52. The first-order valence-electron chi connectivity index (χ1n) is 12.9. The largest absolute Gasteiger partial charge is 0.352 e. The van der Waals surface area contributed by atoms with Gasteiger partial charge in [-0.05, 0) is 68.5 Å². The van der Waals surface area contributed by atoms with Crippen molar-refractivity contribution < 1.29 is 18.0 Å². The summed E-state index contributed by atoms with van der Waals surface area (Å²) in [5.74, 6) is -0.356. The predicted molar refractivity (Wildman–Crippen MR) is 149 cm³/mol. The lowest BCUT2D eigenvalue weighted by Crippen LogP contribution is -2.50. The van der Waals surface area contributed by atoms with Gasteiger partial charge in [0.05, 0.1) is 11.9 Å². The van der Waals surface area contributed by atoms with E-state index in [0.717, 1.165) is 36.8 Å². The van der Waals surface area contributed by atoms with Crippen molar-refractivity contribution >= 4 is 39.1 Å². The molecule has 1 atom stereocenters. The summed E-state index contributed by atoms with van der Waals surface area (Å²) in [6.07, 6.45) is 6.93. The fourth-order valence-electron chi connectivity index (χ4n) is 4.72. The van der Waals surface area contributed by atoms with Crippen LogP contribution in [0, 0.1) is 6.92 Å². The Labute approximate surface area is 226 Å². The molecule has 9 heteroatoms. The Morgan fingerprint density at radius 1 is 1.08 bits per heavy atom. The van der Waals surface area contributed by atoms with Gasteiger partial charge in [-0.3, -0.25) is 13.9 Å². The number of amides is 2. The minimum atomic E-state index is -3.52. The molecule has 0 saturated heterocycles. The van der Waals surface area contributed by atoms with Crippen molar-refractivity contribution in [2.75, 3.05) is 17.1 Å². The topological polar surface area (TPSA) is 86.8 Å². The van der Waals surface area contributed by atoms with Crippen LogP contribution in [-0.2, 0) is 26.2 Å². The normalized spacial score (nSPS) is 15.1. The molecule has 7 nitrogen and oxygen atoms in total. The zero-order valence-corrected chi connectivity index (χ0v) is 23.5. The second-order valence-electron chi connectivity index (χ2n) is 9.95. The van der Waals surface area contributed by atoms with E-state index in [1.807, 2.05) is 37.3 Å². The first kappa shape index (κ1) is 29.0. The van der Waals surface area contributed by atoms with Gasteiger partial charge in [0.25, 0.3) is 0 Å². The fraction of sp³-hybridized carbons (Fsp3) is 0.500. The number of hydrogen-bond donors (Lipinski definition) is 1.